The fourth-order valence-electron chi connectivity index (χ4n) is 4.00. The number of nitrogens with one attached hydrogen (secondary N) is 2. The van der Waals surface area contributed by atoms with Crippen LogP contribution in [0.2, 0.25) is 0 Å². The van der Waals surface area contributed by atoms with Gasteiger partial charge in [-0.3, -0.25) is 4.79 Å². The van der Waals surface area contributed by atoms with Gasteiger partial charge in [-0.2, -0.15) is 5.26 Å². The maximum Gasteiger partial charge on any atom is 0.252 e. The van der Waals surface area contributed by atoms with E-state index in [1.165, 1.54) is 0 Å². The number of amides is 1. The van der Waals surface area contributed by atoms with Gasteiger partial charge in [0.2, 0.25) is 0 Å². The minimum atomic E-state index is -0.462. The number of aromatic nitrogens is 2. The van der Waals surface area contributed by atoms with E-state index in [4.69, 9.17) is 11.0 Å². The summed E-state index contributed by atoms with van der Waals surface area (Å²) in [4.78, 5) is 22.9. The maximum absolute atomic E-state index is 11.9. The third kappa shape index (κ3) is 3.31. The summed E-state index contributed by atoms with van der Waals surface area (Å²) in [7, 11) is 0. The Morgan fingerprint density at radius 1 is 1.39 bits per heavy atom. The lowest BCUT2D eigenvalue weighted by molar-refractivity contribution is 0.100. The molecule has 4 heterocycles. The number of carbonyl (C=O) groups excluding carboxylic acids is 1. The van der Waals surface area contributed by atoms with Crippen molar-refractivity contribution in [2.75, 3.05) is 35.2 Å². The number of anilines is 3. The lowest BCUT2D eigenvalue weighted by atomic mass is 9.92. The number of piperidine rings is 1. The third-order valence-corrected chi connectivity index (χ3v) is 5.55. The largest absolute Gasteiger partial charge is 0.381 e. The fourth-order valence-corrected chi connectivity index (χ4v) is 4.00. The standard InChI is InChI=1S/C20H23N7O/c1-12-11-27(17-3-2-13(8-21)9-24-17)7-5-16(12)26-18-14-4-6-23-20(14)25-10-15(18)19(22)28/h2-3,9-10,12,16H,4-7,11H2,1H3,(H2,22,28)(H2,23,25,26)/t12-,16+/m1/s1. The second-order valence-corrected chi connectivity index (χ2v) is 7.39. The molecule has 0 aromatic carbocycles. The molecule has 0 bridgehead atoms. The van der Waals surface area contributed by atoms with Crippen molar-refractivity contribution in [2.24, 2.45) is 11.7 Å². The van der Waals surface area contributed by atoms with Crippen LogP contribution in [0.3, 0.4) is 0 Å². The van der Waals surface area contributed by atoms with Crippen molar-refractivity contribution in [1.29, 1.82) is 5.26 Å². The number of nitrogens with two attached hydrogens (primary N) is 1. The van der Waals surface area contributed by atoms with Crippen LogP contribution >= 0.6 is 0 Å². The first-order valence-corrected chi connectivity index (χ1v) is 9.50. The van der Waals surface area contributed by atoms with Crippen molar-refractivity contribution < 1.29 is 4.79 Å². The first-order chi connectivity index (χ1) is 13.6. The molecule has 28 heavy (non-hydrogen) atoms. The van der Waals surface area contributed by atoms with E-state index in [1.54, 1.807) is 18.5 Å². The summed E-state index contributed by atoms with van der Waals surface area (Å²) in [5.74, 6) is 1.59. The number of carbonyl (C=O) groups is 1. The van der Waals surface area contributed by atoms with Crippen LogP contribution in [-0.4, -0.2) is 41.6 Å². The van der Waals surface area contributed by atoms with E-state index < -0.39 is 5.91 Å². The molecule has 0 unspecified atom stereocenters. The zero-order chi connectivity index (χ0) is 19.7. The molecule has 8 nitrogen and oxygen atoms in total. The molecular weight excluding hydrogens is 354 g/mol. The Morgan fingerprint density at radius 3 is 2.93 bits per heavy atom. The van der Waals surface area contributed by atoms with Gasteiger partial charge in [0, 0.05) is 43.6 Å². The molecule has 0 aliphatic carbocycles. The zero-order valence-electron chi connectivity index (χ0n) is 15.8. The summed E-state index contributed by atoms with van der Waals surface area (Å²) in [6.45, 7) is 4.70. The molecule has 8 heteroatoms. The predicted molar refractivity (Wildman–Crippen MR) is 107 cm³/mol. The van der Waals surface area contributed by atoms with Gasteiger partial charge >= 0.3 is 0 Å². The van der Waals surface area contributed by atoms with Gasteiger partial charge < -0.3 is 21.3 Å². The quantitative estimate of drug-likeness (QED) is 0.742. The Labute approximate surface area is 163 Å². The van der Waals surface area contributed by atoms with Crippen LogP contribution in [-0.2, 0) is 6.42 Å². The second-order valence-electron chi connectivity index (χ2n) is 7.39. The molecule has 2 aliphatic heterocycles. The molecule has 144 valence electrons. The van der Waals surface area contributed by atoms with Crippen LogP contribution in [0.1, 0.15) is 34.8 Å². The van der Waals surface area contributed by atoms with E-state index in [2.05, 4.69) is 38.5 Å². The summed E-state index contributed by atoms with van der Waals surface area (Å²) in [6.07, 6.45) is 4.90. The van der Waals surface area contributed by atoms with Crippen LogP contribution in [0.15, 0.2) is 24.5 Å². The van der Waals surface area contributed by atoms with Gasteiger partial charge in [-0.05, 0) is 30.9 Å². The van der Waals surface area contributed by atoms with Crippen LogP contribution in [0.5, 0.6) is 0 Å². The lowest BCUT2D eigenvalue weighted by Gasteiger charge is -2.38. The molecule has 4 rings (SSSR count). The Bertz CT molecular complexity index is 935. The van der Waals surface area contributed by atoms with Crippen LogP contribution in [0.4, 0.5) is 17.3 Å². The Kier molecular flexibility index (Phi) is 4.74. The SMILES string of the molecule is C[C@@H]1CN(c2ccc(C#N)cn2)CC[C@@H]1Nc1c(C(N)=O)cnc2c1CCN2. The Morgan fingerprint density at radius 2 is 2.25 bits per heavy atom. The van der Waals surface area contributed by atoms with E-state index in [0.717, 1.165) is 55.4 Å². The molecule has 0 saturated carbocycles. The minimum absolute atomic E-state index is 0.222. The van der Waals surface area contributed by atoms with E-state index in [9.17, 15) is 4.79 Å². The van der Waals surface area contributed by atoms with Crippen LogP contribution in [0.25, 0.3) is 0 Å². The maximum atomic E-state index is 11.9. The molecule has 0 radical (unpaired) electrons. The number of hydrogen-bond donors (Lipinski definition) is 3. The average Bonchev–Trinajstić information content (AvgIpc) is 3.18. The van der Waals surface area contributed by atoms with Gasteiger partial charge in [-0.15, -0.1) is 0 Å². The van der Waals surface area contributed by atoms with Gasteiger partial charge in [0.25, 0.3) is 5.91 Å². The topological polar surface area (TPSA) is 120 Å². The highest BCUT2D eigenvalue weighted by Gasteiger charge is 2.30. The van der Waals surface area contributed by atoms with Crippen molar-refractivity contribution in [2.45, 2.75) is 25.8 Å². The molecule has 1 amide bonds. The number of pyridine rings is 2. The smallest absolute Gasteiger partial charge is 0.252 e. The first kappa shape index (κ1) is 18.0. The van der Waals surface area contributed by atoms with Crippen LogP contribution in [0, 0.1) is 17.2 Å². The highest BCUT2D eigenvalue weighted by molar-refractivity contribution is 6.00. The van der Waals surface area contributed by atoms with Crippen molar-refractivity contribution in [3.05, 3.63) is 41.2 Å². The van der Waals surface area contributed by atoms with Gasteiger partial charge in [0.05, 0.1) is 16.8 Å². The van der Waals surface area contributed by atoms with Crippen LogP contribution < -0.4 is 21.3 Å². The average molecular weight is 377 g/mol. The van der Waals surface area contributed by atoms with Gasteiger partial charge in [-0.25, -0.2) is 9.97 Å². The number of primary amides is 1. The molecule has 2 aliphatic rings. The van der Waals surface area contributed by atoms with Gasteiger partial charge in [0.15, 0.2) is 0 Å². The first-order valence-electron chi connectivity index (χ1n) is 9.50. The van der Waals surface area contributed by atoms with Crippen molar-refractivity contribution in [1.82, 2.24) is 9.97 Å². The number of fused-ring (bicyclic) bond motifs is 1. The van der Waals surface area contributed by atoms with Gasteiger partial charge in [0.1, 0.15) is 17.7 Å². The summed E-state index contributed by atoms with van der Waals surface area (Å²) in [5.41, 5.74) is 8.47. The van der Waals surface area contributed by atoms with Gasteiger partial charge in [-0.1, -0.05) is 6.92 Å². The molecule has 1 fully saturated rings. The molecule has 1 saturated heterocycles. The van der Waals surface area contributed by atoms with E-state index in [-0.39, 0.29) is 6.04 Å². The lowest BCUT2D eigenvalue weighted by Crippen LogP contribution is -2.46. The zero-order valence-corrected chi connectivity index (χ0v) is 15.8. The second kappa shape index (κ2) is 7.35. The van der Waals surface area contributed by atoms with Crippen molar-refractivity contribution in [3.63, 3.8) is 0 Å². The summed E-state index contributed by atoms with van der Waals surface area (Å²) < 4.78 is 0. The normalized spacial score (nSPS) is 20.8. The summed E-state index contributed by atoms with van der Waals surface area (Å²) in [6, 6.07) is 6.01. The third-order valence-electron chi connectivity index (χ3n) is 5.55. The minimum Gasteiger partial charge on any atom is -0.381 e. The number of hydrogen-bond acceptors (Lipinski definition) is 7. The summed E-state index contributed by atoms with van der Waals surface area (Å²) in [5, 5.41) is 15.8. The number of nitrogens with zero attached hydrogens (tertiary/aromatic N) is 4. The Balaban J connectivity index is 1.51. The molecule has 0 spiro atoms. The van der Waals surface area contributed by atoms with Crippen molar-refractivity contribution in [3.8, 4) is 6.07 Å². The molecule has 2 aromatic heterocycles. The highest BCUT2D eigenvalue weighted by Crippen LogP contribution is 2.33. The molecule has 4 N–H and O–H groups in total. The highest BCUT2D eigenvalue weighted by atomic mass is 16.1. The van der Waals surface area contributed by atoms with E-state index in [1.807, 2.05) is 6.07 Å². The molecule has 2 aromatic rings. The number of rotatable bonds is 4. The number of nitriles is 1. The fraction of sp³-hybridized carbons (Fsp3) is 0.400. The monoisotopic (exact) mass is 377 g/mol. The Hall–Kier alpha value is -3.34. The van der Waals surface area contributed by atoms with Crippen molar-refractivity contribution >= 4 is 23.2 Å². The molecular formula is C20H23N7O. The van der Waals surface area contributed by atoms with E-state index in [0.29, 0.717) is 17.0 Å². The molecule has 2 atom stereocenters. The van der Waals surface area contributed by atoms with E-state index >= 15 is 0 Å². The summed E-state index contributed by atoms with van der Waals surface area (Å²) >= 11 is 0. The predicted octanol–water partition coefficient (Wildman–Crippen LogP) is 1.74.